The lowest BCUT2D eigenvalue weighted by Crippen LogP contribution is -2.39. The van der Waals surface area contributed by atoms with E-state index in [0.717, 1.165) is 17.8 Å². The van der Waals surface area contributed by atoms with Gasteiger partial charge >= 0.3 is 0 Å². The highest BCUT2D eigenvalue weighted by molar-refractivity contribution is 5.54. The van der Waals surface area contributed by atoms with Crippen LogP contribution < -0.4 is 11.1 Å². The Morgan fingerprint density at radius 3 is 2.96 bits per heavy atom. The highest BCUT2D eigenvalue weighted by Gasteiger charge is 2.26. The standard InChI is InChI=1S/C17H22N10O/c1-11-4-3-5-12(8-11)19-17-21-14(20-16(18)22-17)10-27-6-7-28-13(9-27)15-23-24-25-26(15)2/h3-5,8,13H,6-7,9-10H2,1-2H3,(H3,18,19,20,21,22). The molecule has 1 aliphatic rings. The fraction of sp³-hybridized carbons (Fsp3) is 0.412. The number of nitrogens with one attached hydrogen (secondary N) is 1. The van der Waals surface area contributed by atoms with Crippen molar-refractivity contribution in [3.05, 3.63) is 41.5 Å². The predicted molar refractivity (Wildman–Crippen MR) is 101 cm³/mol. The molecule has 1 aromatic carbocycles. The van der Waals surface area contributed by atoms with Gasteiger partial charge in [0.25, 0.3) is 0 Å². The fourth-order valence-electron chi connectivity index (χ4n) is 3.13. The van der Waals surface area contributed by atoms with Gasteiger partial charge in [-0.1, -0.05) is 12.1 Å². The van der Waals surface area contributed by atoms with E-state index in [0.29, 0.717) is 37.3 Å². The first-order chi connectivity index (χ1) is 13.6. The Balaban J connectivity index is 1.47. The summed E-state index contributed by atoms with van der Waals surface area (Å²) in [7, 11) is 1.80. The summed E-state index contributed by atoms with van der Waals surface area (Å²) in [6.45, 7) is 4.53. The van der Waals surface area contributed by atoms with Gasteiger partial charge < -0.3 is 15.8 Å². The lowest BCUT2D eigenvalue weighted by Gasteiger charge is -2.31. The first kappa shape index (κ1) is 18.2. The van der Waals surface area contributed by atoms with Crippen LogP contribution in [0.25, 0.3) is 0 Å². The summed E-state index contributed by atoms with van der Waals surface area (Å²) in [5.41, 5.74) is 7.94. The molecule has 0 spiro atoms. The van der Waals surface area contributed by atoms with Crippen molar-refractivity contribution in [2.45, 2.75) is 19.6 Å². The number of nitrogens with zero attached hydrogens (tertiary/aromatic N) is 8. The SMILES string of the molecule is Cc1cccc(Nc2nc(N)nc(CN3CCOC(c4nnnn4C)C3)n2)c1. The number of tetrazole rings is 1. The molecule has 3 aromatic rings. The molecular formula is C17H22N10O. The summed E-state index contributed by atoms with van der Waals surface area (Å²) in [5, 5.41) is 14.8. The zero-order valence-electron chi connectivity index (χ0n) is 15.8. The summed E-state index contributed by atoms with van der Waals surface area (Å²) < 4.78 is 7.44. The zero-order chi connectivity index (χ0) is 19.5. The van der Waals surface area contributed by atoms with Crippen LogP contribution in [0.1, 0.15) is 23.3 Å². The molecule has 1 atom stereocenters. The van der Waals surface area contributed by atoms with Crippen LogP contribution in [0.15, 0.2) is 24.3 Å². The molecule has 0 amide bonds. The Kier molecular flexibility index (Phi) is 5.08. The van der Waals surface area contributed by atoms with Gasteiger partial charge in [-0.05, 0) is 35.0 Å². The number of nitrogens with two attached hydrogens (primary N) is 1. The Hall–Kier alpha value is -3.18. The molecule has 1 unspecified atom stereocenters. The number of aromatic nitrogens is 7. The minimum atomic E-state index is -0.196. The largest absolute Gasteiger partial charge is 0.368 e. The van der Waals surface area contributed by atoms with E-state index in [9.17, 15) is 0 Å². The third kappa shape index (κ3) is 4.21. The molecule has 4 rings (SSSR count). The van der Waals surface area contributed by atoms with Crippen molar-refractivity contribution in [3.63, 3.8) is 0 Å². The molecule has 28 heavy (non-hydrogen) atoms. The first-order valence-corrected chi connectivity index (χ1v) is 8.97. The lowest BCUT2D eigenvalue weighted by atomic mass is 10.2. The van der Waals surface area contributed by atoms with Crippen molar-refractivity contribution in [2.24, 2.45) is 7.05 Å². The minimum Gasteiger partial charge on any atom is -0.368 e. The average molecular weight is 382 g/mol. The van der Waals surface area contributed by atoms with Gasteiger partial charge in [0.15, 0.2) is 5.82 Å². The fourth-order valence-corrected chi connectivity index (χ4v) is 3.13. The average Bonchev–Trinajstić information content (AvgIpc) is 3.07. The van der Waals surface area contributed by atoms with E-state index < -0.39 is 0 Å². The van der Waals surface area contributed by atoms with Crippen molar-refractivity contribution in [2.75, 3.05) is 30.7 Å². The molecule has 146 valence electrons. The molecule has 1 saturated heterocycles. The van der Waals surface area contributed by atoms with Gasteiger partial charge in [-0.2, -0.15) is 15.0 Å². The Labute approximate surface area is 161 Å². The minimum absolute atomic E-state index is 0.183. The van der Waals surface area contributed by atoms with Crippen molar-refractivity contribution in [3.8, 4) is 0 Å². The highest BCUT2D eigenvalue weighted by atomic mass is 16.5. The normalized spacial score (nSPS) is 17.6. The number of hydrogen-bond donors (Lipinski definition) is 2. The molecule has 11 nitrogen and oxygen atoms in total. The van der Waals surface area contributed by atoms with Crippen molar-refractivity contribution < 1.29 is 4.74 Å². The van der Waals surface area contributed by atoms with Gasteiger partial charge in [0.2, 0.25) is 11.9 Å². The van der Waals surface area contributed by atoms with Crippen LogP contribution in [-0.4, -0.2) is 59.8 Å². The molecule has 3 heterocycles. The van der Waals surface area contributed by atoms with Gasteiger partial charge in [0, 0.05) is 25.8 Å². The monoisotopic (exact) mass is 382 g/mol. The maximum absolute atomic E-state index is 5.90. The maximum Gasteiger partial charge on any atom is 0.232 e. The third-order valence-electron chi connectivity index (χ3n) is 4.43. The predicted octanol–water partition coefficient (Wildman–Crippen LogP) is 0.603. The molecule has 0 radical (unpaired) electrons. The molecule has 0 bridgehead atoms. The van der Waals surface area contributed by atoms with Gasteiger partial charge in [-0.25, -0.2) is 4.68 Å². The van der Waals surface area contributed by atoms with Crippen molar-refractivity contribution in [1.29, 1.82) is 0 Å². The molecule has 2 aromatic heterocycles. The molecule has 0 aliphatic carbocycles. The van der Waals surface area contributed by atoms with E-state index in [1.54, 1.807) is 11.7 Å². The van der Waals surface area contributed by atoms with Crippen LogP contribution in [0.2, 0.25) is 0 Å². The van der Waals surface area contributed by atoms with Crippen LogP contribution in [0.5, 0.6) is 0 Å². The first-order valence-electron chi connectivity index (χ1n) is 8.97. The maximum atomic E-state index is 5.90. The highest BCUT2D eigenvalue weighted by Crippen LogP contribution is 2.21. The van der Waals surface area contributed by atoms with Crippen LogP contribution in [0.4, 0.5) is 17.6 Å². The summed E-state index contributed by atoms with van der Waals surface area (Å²) >= 11 is 0. The van der Waals surface area contributed by atoms with Crippen LogP contribution in [-0.2, 0) is 18.3 Å². The Morgan fingerprint density at radius 1 is 1.29 bits per heavy atom. The van der Waals surface area contributed by atoms with Crippen molar-refractivity contribution >= 4 is 17.6 Å². The zero-order valence-corrected chi connectivity index (χ0v) is 15.8. The topological polar surface area (TPSA) is 133 Å². The van der Waals surface area contributed by atoms with Crippen LogP contribution in [0.3, 0.4) is 0 Å². The lowest BCUT2D eigenvalue weighted by molar-refractivity contribution is -0.0395. The van der Waals surface area contributed by atoms with Gasteiger partial charge in [0.05, 0.1) is 13.2 Å². The van der Waals surface area contributed by atoms with E-state index in [4.69, 9.17) is 10.5 Å². The summed E-state index contributed by atoms with van der Waals surface area (Å²) in [4.78, 5) is 15.2. The number of aryl methyl sites for hydroxylation is 2. The van der Waals surface area contributed by atoms with E-state index in [2.05, 4.69) is 40.7 Å². The van der Waals surface area contributed by atoms with E-state index in [-0.39, 0.29) is 12.1 Å². The van der Waals surface area contributed by atoms with E-state index >= 15 is 0 Å². The summed E-state index contributed by atoms with van der Waals surface area (Å²) in [6, 6.07) is 7.97. The van der Waals surface area contributed by atoms with Gasteiger partial charge in [0.1, 0.15) is 11.9 Å². The molecule has 1 fully saturated rings. The number of ether oxygens (including phenoxy) is 1. The smallest absolute Gasteiger partial charge is 0.232 e. The third-order valence-corrected chi connectivity index (χ3v) is 4.43. The number of benzene rings is 1. The second-order valence-electron chi connectivity index (χ2n) is 6.68. The Bertz CT molecular complexity index is 959. The van der Waals surface area contributed by atoms with Crippen LogP contribution in [0, 0.1) is 6.92 Å². The van der Waals surface area contributed by atoms with Gasteiger partial charge in [-0.3, -0.25) is 4.90 Å². The van der Waals surface area contributed by atoms with E-state index in [1.165, 1.54) is 0 Å². The Morgan fingerprint density at radius 2 is 2.18 bits per heavy atom. The number of hydrogen-bond acceptors (Lipinski definition) is 10. The molecule has 3 N–H and O–H groups in total. The quantitative estimate of drug-likeness (QED) is 0.646. The second-order valence-corrected chi connectivity index (χ2v) is 6.68. The number of rotatable bonds is 5. The second kappa shape index (κ2) is 7.82. The van der Waals surface area contributed by atoms with Crippen molar-refractivity contribution in [1.82, 2.24) is 40.1 Å². The summed E-state index contributed by atoms with van der Waals surface area (Å²) in [5.74, 6) is 1.90. The number of nitrogen functional groups attached to an aromatic ring is 1. The van der Waals surface area contributed by atoms with Gasteiger partial charge in [-0.15, -0.1) is 5.10 Å². The van der Waals surface area contributed by atoms with Crippen LogP contribution >= 0.6 is 0 Å². The van der Waals surface area contributed by atoms with E-state index in [1.807, 2.05) is 31.2 Å². The molecule has 1 aliphatic heterocycles. The molecule has 11 heteroatoms. The summed E-state index contributed by atoms with van der Waals surface area (Å²) in [6.07, 6.45) is -0.196. The molecule has 0 saturated carbocycles. The molecular weight excluding hydrogens is 360 g/mol. The number of morpholine rings is 1. The number of anilines is 3.